The van der Waals surface area contributed by atoms with Crippen LogP contribution in [0.25, 0.3) is 10.4 Å². The Morgan fingerprint density at radius 2 is 1.86 bits per heavy atom. The van der Waals surface area contributed by atoms with Crippen molar-refractivity contribution in [2.24, 2.45) is 0 Å². The monoisotopic (exact) mass is 393 g/mol. The van der Waals surface area contributed by atoms with Crippen molar-refractivity contribution < 1.29 is 0 Å². The van der Waals surface area contributed by atoms with Gasteiger partial charge in [0, 0.05) is 35.3 Å². The molecule has 0 unspecified atom stereocenters. The summed E-state index contributed by atoms with van der Waals surface area (Å²) in [6.07, 6.45) is 2.36. The van der Waals surface area contributed by atoms with Crippen LogP contribution >= 0.6 is 11.3 Å². The molecule has 5 nitrogen and oxygen atoms in total. The molecule has 3 aromatic rings. The fourth-order valence-corrected chi connectivity index (χ4v) is 5.38. The van der Waals surface area contributed by atoms with E-state index in [4.69, 9.17) is 0 Å². The van der Waals surface area contributed by atoms with Crippen LogP contribution in [-0.2, 0) is 19.6 Å². The van der Waals surface area contributed by atoms with Crippen molar-refractivity contribution in [3.05, 3.63) is 58.5 Å². The standard InChI is InChI=1S/C22H27N5S/c1-16-2-4-17(5-3-16)20-7-6-19(28-20)15-26-11-8-18(9-12-26)22-25-24-21-14-23-10-13-27(21)22/h2-7,18,23H,8-15H2,1H3. The quantitative estimate of drug-likeness (QED) is 0.732. The van der Waals surface area contributed by atoms with Gasteiger partial charge in [0.25, 0.3) is 0 Å². The largest absolute Gasteiger partial charge is 0.312 e. The van der Waals surface area contributed by atoms with Crippen LogP contribution in [0.15, 0.2) is 36.4 Å². The van der Waals surface area contributed by atoms with E-state index in [-0.39, 0.29) is 0 Å². The third kappa shape index (κ3) is 3.64. The van der Waals surface area contributed by atoms with Crippen LogP contribution in [0.1, 0.15) is 40.8 Å². The zero-order valence-electron chi connectivity index (χ0n) is 16.4. The lowest BCUT2D eigenvalue weighted by molar-refractivity contribution is 0.201. The average Bonchev–Trinajstić information content (AvgIpc) is 3.36. The van der Waals surface area contributed by atoms with Crippen molar-refractivity contribution >= 4 is 11.3 Å². The number of aryl methyl sites for hydroxylation is 1. The number of hydrogen-bond acceptors (Lipinski definition) is 5. The Morgan fingerprint density at radius 3 is 2.68 bits per heavy atom. The van der Waals surface area contributed by atoms with Gasteiger partial charge >= 0.3 is 0 Å². The molecule has 0 amide bonds. The minimum absolute atomic E-state index is 0.557. The smallest absolute Gasteiger partial charge is 0.147 e. The number of hydrogen-bond donors (Lipinski definition) is 1. The van der Waals surface area contributed by atoms with Gasteiger partial charge in [0.2, 0.25) is 0 Å². The third-order valence-corrected chi connectivity index (χ3v) is 7.10. The minimum Gasteiger partial charge on any atom is -0.312 e. The van der Waals surface area contributed by atoms with Gasteiger partial charge in [-0.15, -0.1) is 21.5 Å². The number of piperidine rings is 1. The molecular weight excluding hydrogens is 366 g/mol. The highest BCUT2D eigenvalue weighted by molar-refractivity contribution is 7.15. The normalized spacial score (nSPS) is 18.3. The van der Waals surface area contributed by atoms with Crippen LogP contribution in [0.2, 0.25) is 0 Å². The number of thiophene rings is 1. The molecule has 2 aliphatic rings. The highest BCUT2D eigenvalue weighted by atomic mass is 32.1. The van der Waals surface area contributed by atoms with E-state index in [1.807, 2.05) is 11.3 Å². The van der Waals surface area contributed by atoms with Crippen LogP contribution in [0, 0.1) is 6.92 Å². The lowest BCUT2D eigenvalue weighted by Gasteiger charge is -2.31. The molecule has 1 N–H and O–H groups in total. The third-order valence-electron chi connectivity index (χ3n) is 5.98. The summed E-state index contributed by atoms with van der Waals surface area (Å²) in [6.45, 7) is 8.37. The summed E-state index contributed by atoms with van der Waals surface area (Å²) in [6, 6.07) is 13.4. The maximum Gasteiger partial charge on any atom is 0.147 e. The predicted octanol–water partition coefficient (Wildman–Crippen LogP) is 3.80. The van der Waals surface area contributed by atoms with Gasteiger partial charge < -0.3 is 9.88 Å². The van der Waals surface area contributed by atoms with Gasteiger partial charge in [0.15, 0.2) is 0 Å². The van der Waals surface area contributed by atoms with Crippen molar-refractivity contribution in [3.63, 3.8) is 0 Å². The molecule has 146 valence electrons. The molecule has 1 aromatic carbocycles. The molecule has 0 aliphatic carbocycles. The fraction of sp³-hybridized carbons (Fsp3) is 0.455. The first-order valence-electron chi connectivity index (χ1n) is 10.3. The van der Waals surface area contributed by atoms with Crippen molar-refractivity contribution in [2.75, 3.05) is 19.6 Å². The Labute approximate surface area is 170 Å². The zero-order valence-corrected chi connectivity index (χ0v) is 17.2. The van der Waals surface area contributed by atoms with Crippen LogP contribution < -0.4 is 5.32 Å². The summed E-state index contributed by atoms with van der Waals surface area (Å²) in [5, 5.41) is 12.3. The summed E-state index contributed by atoms with van der Waals surface area (Å²) in [5.41, 5.74) is 2.64. The van der Waals surface area contributed by atoms with Gasteiger partial charge in [0.1, 0.15) is 11.6 Å². The number of aromatic nitrogens is 3. The predicted molar refractivity (Wildman–Crippen MR) is 113 cm³/mol. The lowest BCUT2D eigenvalue weighted by Crippen LogP contribution is -2.34. The molecule has 4 heterocycles. The van der Waals surface area contributed by atoms with Gasteiger partial charge in [-0.25, -0.2) is 0 Å². The highest BCUT2D eigenvalue weighted by Crippen LogP contribution is 2.32. The Balaban J connectivity index is 1.20. The van der Waals surface area contributed by atoms with Crippen molar-refractivity contribution in [2.45, 2.75) is 45.3 Å². The summed E-state index contributed by atoms with van der Waals surface area (Å²) in [7, 11) is 0. The van der Waals surface area contributed by atoms with E-state index >= 15 is 0 Å². The first kappa shape index (κ1) is 18.0. The van der Waals surface area contributed by atoms with Crippen molar-refractivity contribution in [3.8, 4) is 10.4 Å². The van der Waals surface area contributed by atoms with Crippen molar-refractivity contribution in [1.82, 2.24) is 25.0 Å². The van der Waals surface area contributed by atoms with E-state index in [0.717, 1.165) is 45.1 Å². The lowest BCUT2D eigenvalue weighted by atomic mass is 9.95. The molecule has 0 radical (unpaired) electrons. The van der Waals surface area contributed by atoms with E-state index in [1.165, 1.54) is 39.5 Å². The Morgan fingerprint density at radius 1 is 1.04 bits per heavy atom. The van der Waals surface area contributed by atoms with E-state index in [2.05, 4.69) is 68.3 Å². The SMILES string of the molecule is Cc1ccc(-c2ccc(CN3CCC(c4nnc5n4CCNC5)CC3)s2)cc1. The second-order valence-electron chi connectivity index (χ2n) is 7.99. The van der Waals surface area contributed by atoms with E-state index < -0.39 is 0 Å². The summed E-state index contributed by atoms with van der Waals surface area (Å²) < 4.78 is 2.35. The fourth-order valence-electron chi connectivity index (χ4n) is 4.32. The molecule has 0 spiro atoms. The van der Waals surface area contributed by atoms with E-state index in [1.54, 1.807) is 0 Å². The molecule has 0 atom stereocenters. The number of nitrogens with one attached hydrogen (secondary N) is 1. The Bertz CT molecular complexity index is 934. The maximum atomic E-state index is 4.53. The number of benzene rings is 1. The maximum absolute atomic E-state index is 4.53. The average molecular weight is 394 g/mol. The summed E-state index contributed by atoms with van der Waals surface area (Å²) in [5.74, 6) is 2.88. The molecule has 0 bridgehead atoms. The molecule has 5 rings (SSSR count). The Hall–Kier alpha value is -2.02. The van der Waals surface area contributed by atoms with E-state index in [9.17, 15) is 0 Å². The molecule has 0 saturated carbocycles. The Kier molecular flexibility index (Phi) is 5.01. The second kappa shape index (κ2) is 7.78. The number of likely N-dealkylation sites (tertiary alicyclic amines) is 1. The topological polar surface area (TPSA) is 46.0 Å². The summed E-state index contributed by atoms with van der Waals surface area (Å²) in [4.78, 5) is 5.42. The molecule has 1 saturated heterocycles. The van der Waals surface area contributed by atoms with Gasteiger partial charge in [-0.05, 0) is 50.6 Å². The zero-order chi connectivity index (χ0) is 18.9. The molecule has 2 aliphatic heterocycles. The van der Waals surface area contributed by atoms with Crippen molar-refractivity contribution in [1.29, 1.82) is 0 Å². The van der Waals surface area contributed by atoms with Gasteiger partial charge in [-0.1, -0.05) is 29.8 Å². The van der Waals surface area contributed by atoms with Gasteiger partial charge in [0.05, 0.1) is 6.54 Å². The molecule has 28 heavy (non-hydrogen) atoms. The summed E-state index contributed by atoms with van der Waals surface area (Å²) >= 11 is 1.93. The first-order valence-corrected chi connectivity index (χ1v) is 11.1. The second-order valence-corrected chi connectivity index (χ2v) is 9.15. The van der Waals surface area contributed by atoms with Crippen LogP contribution in [0.5, 0.6) is 0 Å². The van der Waals surface area contributed by atoms with Gasteiger partial charge in [-0.3, -0.25) is 4.90 Å². The molecule has 1 fully saturated rings. The highest BCUT2D eigenvalue weighted by Gasteiger charge is 2.27. The van der Waals surface area contributed by atoms with Crippen LogP contribution in [-0.4, -0.2) is 39.3 Å². The van der Waals surface area contributed by atoms with Crippen LogP contribution in [0.3, 0.4) is 0 Å². The van der Waals surface area contributed by atoms with E-state index in [0.29, 0.717) is 5.92 Å². The number of nitrogens with zero attached hydrogens (tertiary/aromatic N) is 4. The van der Waals surface area contributed by atoms with Gasteiger partial charge in [-0.2, -0.15) is 0 Å². The van der Waals surface area contributed by atoms with Crippen LogP contribution in [0.4, 0.5) is 0 Å². The molecular formula is C22H27N5S. The number of fused-ring (bicyclic) bond motifs is 1. The minimum atomic E-state index is 0.557. The first-order chi connectivity index (χ1) is 13.8. The molecule has 6 heteroatoms. The molecule has 2 aromatic heterocycles. The number of rotatable bonds is 4.